The van der Waals surface area contributed by atoms with Crippen LogP contribution in [0.5, 0.6) is 0 Å². The Hall–Kier alpha value is -0.240. The summed E-state index contributed by atoms with van der Waals surface area (Å²) in [6, 6.07) is 0. The van der Waals surface area contributed by atoms with Crippen molar-refractivity contribution in [2.45, 2.75) is 44.1 Å². The maximum atomic E-state index is 9.50. The van der Waals surface area contributed by atoms with Gasteiger partial charge in [-0.05, 0) is 6.42 Å². The predicted octanol–water partition coefficient (Wildman–Crippen LogP) is -1.79. The first-order valence-electron chi connectivity index (χ1n) is 5.03. The molecule has 1 fully saturated rings. The molecule has 5 atom stereocenters. The molecule has 0 spiro atoms. The molecule has 1 aliphatic rings. The van der Waals surface area contributed by atoms with E-state index in [9.17, 15) is 20.4 Å². The molecule has 0 aromatic heterocycles. The van der Waals surface area contributed by atoms with Gasteiger partial charge in [0.25, 0.3) is 0 Å². The predicted molar refractivity (Wildman–Crippen MR) is 50.0 cm³/mol. The Morgan fingerprint density at radius 3 is 2.33 bits per heavy atom. The largest absolute Gasteiger partial charge is 0.387 e. The zero-order chi connectivity index (χ0) is 11.4. The number of hydrogen-bond donors (Lipinski definition) is 4. The molecule has 0 bridgehead atoms. The molecule has 0 amide bonds. The highest BCUT2D eigenvalue weighted by Gasteiger charge is 2.42. The van der Waals surface area contributed by atoms with E-state index in [0.29, 0.717) is 6.61 Å². The van der Waals surface area contributed by atoms with Crippen molar-refractivity contribution in [3.63, 3.8) is 0 Å². The van der Waals surface area contributed by atoms with E-state index in [1.165, 1.54) is 0 Å². The Bertz CT molecular complexity index is 187. The van der Waals surface area contributed by atoms with Gasteiger partial charge in [0.15, 0.2) is 6.29 Å². The van der Waals surface area contributed by atoms with Gasteiger partial charge in [0.05, 0.1) is 6.61 Å². The van der Waals surface area contributed by atoms with Crippen LogP contribution in [0.1, 0.15) is 13.3 Å². The van der Waals surface area contributed by atoms with Crippen LogP contribution in [0.2, 0.25) is 0 Å². The van der Waals surface area contributed by atoms with Crippen molar-refractivity contribution < 1.29 is 29.9 Å². The van der Waals surface area contributed by atoms with Crippen LogP contribution >= 0.6 is 0 Å². The van der Waals surface area contributed by atoms with Gasteiger partial charge in [-0.2, -0.15) is 0 Å². The van der Waals surface area contributed by atoms with Crippen LogP contribution in [0.3, 0.4) is 0 Å². The van der Waals surface area contributed by atoms with Crippen molar-refractivity contribution in [1.29, 1.82) is 0 Å². The fourth-order valence-electron chi connectivity index (χ4n) is 1.41. The lowest BCUT2D eigenvalue weighted by atomic mass is 9.99. The molecular formula is C9H18O6. The Morgan fingerprint density at radius 2 is 1.73 bits per heavy atom. The van der Waals surface area contributed by atoms with Crippen molar-refractivity contribution in [3.05, 3.63) is 0 Å². The van der Waals surface area contributed by atoms with Crippen LogP contribution in [0.15, 0.2) is 0 Å². The number of rotatable bonds is 4. The van der Waals surface area contributed by atoms with Crippen LogP contribution < -0.4 is 0 Å². The number of aliphatic hydroxyl groups excluding tert-OH is 4. The second-order valence-corrected chi connectivity index (χ2v) is 3.61. The summed E-state index contributed by atoms with van der Waals surface area (Å²) >= 11 is 0. The average Bonchev–Trinajstić information content (AvgIpc) is 2.23. The van der Waals surface area contributed by atoms with Gasteiger partial charge < -0.3 is 29.9 Å². The van der Waals surface area contributed by atoms with Gasteiger partial charge in [0, 0.05) is 6.61 Å². The topological polar surface area (TPSA) is 99.4 Å². The third-order valence-electron chi connectivity index (χ3n) is 2.32. The molecule has 0 aromatic rings. The lowest BCUT2D eigenvalue weighted by Crippen LogP contribution is -2.58. The van der Waals surface area contributed by atoms with Gasteiger partial charge >= 0.3 is 0 Å². The minimum atomic E-state index is -1.49. The third-order valence-corrected chi connectivity index (χ3v) is 2.32. The molecule has 0 aliphatic carbocycles. The van der Waals surface area contributed by atoms with E-state index in [1.807, 2.05) is 6.92 Å². The normalized spacial score (nSPS) is 41.8. The van der Waals surface area contributed by atoms with Crippen molar-refractivity contribution in [2.75, 3.05) is 13.2 Å². The zero-order valence-electron chi connectivity index (χ0n) is 8.61. The van der Waals surface area contributed by atoms with Crippen LogP contribution in [0.25, 0.3) is 0 Å². The van der Waals surface area contributed by atoms with Crippen molar-refractivity contribution in [1.82, 2.24) is 0 Å². The SMILES string of the molecule is CCCOCC1O[C@H](O)C(O)[C@@H](O)[C@@H]1O. The van der Waals surface area contributed by atoms with Gasteiger partial charge in [-0.1, -0.05) is 6.92 Å². The Labute approximate surface area is 88.1 Å². The Kier molecular flexibility index (Phi) is 4.91. The first-order chi connectivity index (χ1) is 7.07. The lowest BCUT2D eigenvalue weighted by Gasteiger charge is -2.38. The molecule has 4 N–H and O–H groups in total. The lowest BCUT2D eigenvalue weighted by molar-refractivity contribution is -0.288. The van der Waals surface area contributed by atoms with E-state index in [-0.39, 0.29) is 6.61 Å². The van der Waals surface area contributed by atoms with Gasteiger partial charge in [0.2, 0.25) is 0 Å². The smallest absolute Gasteiger partial charge is 0.184 e. The van der Waals surface area contributed by atoms with E-state index in [2.05, 4.69) is 0 Å². The maximum absolute atomic E-state index is 9.50. The second-order valence-electron chi connectivity index (χ2n) is 3.61. The van der Waals surface area contributed by atoms with Gasteiger partial charge in [-0.3, -0.25) is 0 Å². The summed E-state index contributed by atoms with van der Waals surface area (Å²) in [6.45, 7) is 2.53. The van der Waals surface area contributed by atoms with E-state index < -0.39 is 30.7 Å². The highest BCUT2D eigenvalue weighted by atomic mass is 16.6. The van der Waals surface area contributed by atoms with Crippen LogP contribution in [-0.2, 0) is 9.47 Å². The summed E-state index contributed by atoms with van der Waals surface area (Å²) in [4.78, 5) is 0. The Morgan fingerprint density at radius 1 is 1.07 bits per heavy atom. The number of ether oxygens (including phenoxy) is 2. The molecule has 15 heavy (non-hydrogen) atoms. The standard InChI is InChI=1S/C9H18O6/c1-2-3-14-4-5-6(10)7(11)8(12)9(13)15-5/h5-13H,2-4H2,1H3/t5?,6-,7+,8?,9+/m1/s1. The van der Waals surface area contributed by atoms with Crippen molar-refractivity contribution in [2.24, 2.45) is 0 Å². The van der Waals surface area contributed by atoms with Gasteiger partial charge in [0.1, 0.15) is 24.4 Å². The summed E-state index contributed by atoms with van der Waals surface area (Å²) in [5, 5.41) is 37.2. The molecule has 1 heterocycles. The van der Waals surface area contributed by atoms with Crippen molar-refractivity contribution in [3.8, 4) is 0 Å². The minimum absolute atomic E-state index is 0.0792. The average molecular weight is 222 g/mol. The second kappa shape index (κ2) is 5.74. The summed E-state index contributed by atoms with van der Waals surface area (Å²) in [7, 11) is 0. The van der Waals surface area contributed by atoms with Crippen LogP contribution in [0, 0.1) is 0 Å². The molecule has 6 nitrogen and oxygen atoms in total. The number of aliphatic hydroxyl groups is 4. The quantitative estimate of drug-likeness (QED) is 0.419. The summed E-state index contributed by atoms with van der Waals surface area (Å²) in [6.07, 6.45) is -5.62. The molecule has 1 rings (SSSR count). The summed E-state index contributed by atoms with van der Waals surface area (Å²) < 4.78 is 10.0. The fourth-order valence-corrected chi connectivity index (χ4v) is 1.41. The maximum Gasteiger partial charge on any atom is 0.184 e. The van der Waals surface area contributed by atoms with Crippen LogP contribution in [0.4, 0.5) is 0 Å². The zero-order valence-corrected chi connectivity index (χ0v) is 8.61. The van der Waals surface area contributed by atoms with Crippen LogP contribution in [-0.4, -0.2) is 64.3 Å². The monoisotopic (exact) mass is 222 g/mol. The molecular weight excluding hydrogens is 204 g/mol. The Balaban J connectivity index is 2.43. The summed E-state index contributed by atoms with van der Waals surface area (Å²) in [5.74, 6) is 0. The van der Waals surface area contributed by atoms with E-state index in [0.717, 1.165) is 6.42 Å². The molecule has 2 unspecified atom stereocenters. The first-order valence-corrected chi connectivity index (χ1v) is 5.03. The molecule has 90 valence electrons. The molecule has 0 aromatic carbocycles. The highest BCUT2D eigenvalue weighted by molar-refractivity contribution is 4.88. The van der Waals surface area contributed by atoms with E-state index in [4.69, 9.17) is 9.47 Å². The molecule has 1 aliphatic heterocycles. The van der Waals surface area contributed by atoms with E-state index in [1.54, 1.807) is 0 Å². The fraction of sp³-hybridized carbons (Fsp3) is 1.00. The van der Waals surface area contributed by atoms with Gasteiger partial charge in [-0.25, -0.2) is 0 Å². The summed E-state index contributed by atoms with van der Waals surface area (Å²) in [5.41, 5.74) is 0. The van der Waals surface area contributed by atoms with E-state index >= 15 is 0 Å². The molecule has 1 saturated heterocycles. The van der Waals surface area contributed by atoms with Gasteiger partial charge in [-0.15, -0.1) is 0 Å². The number of hydrogen-bond acceptors (Lipinski definition) is 6. The molecule has 0 radical (unpaired) electrons. The first kappa shape index (κ1) is 12.8. The molecule has 0 saturated carbocycles. The minimum Gasteiger partial charge on any atom is -0.387 e. The molecule has 6 heteroatoms. The van der Waals surface area contributed by atoms with Crippen molar-refractivity contribution >= 4 is 0 Å². The highest BCUT2D eigenvalue weighted by Crippen LogP contribution is 2.19. The third kappa shape index (κ3) is 3.10.